The number of carbonyl (C=O) groups excluding carboxylic acids is 1. The smallest absolute Gasteiger partial charge is 0.272 e. The number of nitro benzene ring substituents is 1. The second-order valence-corrected chi connectivity index (χ2v) is 6.52. The molecule has 0 saturated carbocycles. The molecule has 4 rings (SSSR count). The molecule has 0 unspecified atom stereocenters. The molecule has 0 bridgehead atoms. The number of amides is 1. The highest BCUT2D eigenvalue weighted by atomic mass is 16.6. The summed E-state index contributed by atoms with van der Waals surface area (Å²) in [6.45, 7) is 0. The third-order valence-electron chi connectivity index (χ3n) is 4.47. The van der Waals surface area contributed by atoms with Crippen molar-refractivity contribution in [1.82, 2.24) is 15.6 Å². The van der Waals surface area contributed by atoms with E-state index in [4.69, 9.17) is 4.42 Å². The number of non-ortho nitro benzene ring substituents is 1. The summed E-state index contributed by atoms with van der Waals surface area (Å²) in [6, 6.07) is 16.2. The summed E-state index contributed by atoms with van der Waals surface area (Å²) in [4.78, 5) is 34.3. The van der Waals surface area contributed by atoms with Crippen molar-refractivity contribution in [3.05, 3.63) is 92.6 Å². The zero-order chi connectivity index (χ0) is 21.8. The van der Waals surface area contributed by atoms with Crippen molar-refractivity contribution in [3.8, 4) is 11.3 Å². The average Bonchev–Trinajstić information content (AvgIpc) is 3.25. The number of nitrogens with zero attached hydrogens (tertiary/aromatic N) is 3. The van der Waals surface area contributed by atoms with Gasteiger partial charge in [0.1, 0.15) is 11.5 Å². The maximum Gasteiger partial charge on any atom is 0.272 e. The molecule has 10 heteroatoms. The first kappa shape index (κ1) is 19.7. The van der Waals surface area contributed by atoms with Gasteiger partial charge in [-0.2, -0.15) is 10.2 Å². The predicted octanol–water partition coefficient (Wildman–Crippen LogP) is 2.78. The molecule has 1 amide bonds. The quantitative estimate of drug-likeness (QED) is 0.280. The SMILES string of the molecule is O=C(Cc1n[nH]c(=O)c2ccccc12)NN=Cc1ccc(-c2ccc([N+](=O)[O-])cc2)o1. The van der Waals surface area contributed by atoms with Gasteiger partial charge in [0.25, 0.3) is 11.2 Å². The van der Waals surface area contributed by atoms with E-state index >= 15 is 0 Å². The molecule has 0 fully saturated rings. The van der Waals surface area contributed by atoms with E-state index in [-0.39, 0.29) is 17.7 Å². The fourth-order valence-electron chi connectivity index (χ4n) is 2.99. The molecule has 2 aromatic heterocycles. The van der Waals surface area contributed by atoms with E-state index in [0.29, 0.717) is 33.6 Å². The van der Waals surface area contributed by atoms with Gasteiger partial charge < -0.3 is 4.42 Å². The molecule has 10 nitrogen and oxygen atoms in total. The van der Waals surface area contributed by atoms with Crippen molar-refractivity contribution in [2.75, 3.05) is 0 Å². The molecule has 4 aromatic rings. The highest BCUT2D eigenvalue weighted by molar-refractivity contribution is 5.88. The second-order valence-electron chi connectivity index (χ2n) is 6.52. The number of H-pyrrole nitrogens is 1. The van der Waals surface area contributed by atoms with Crippen molar-refractivity contribution in [2.24, 2.45) is 5.10 Å². The fraction of sp³-hybridized carbons (Fsp3) is 0.0476. The van der Waals surface area contributed by atoms with Crippen molar-refractivity contribution in [1.29, 1.82) is 0 Å². The van der Waals surface area contributed by atoms with Crippen LogP contribution in [-0.4, -0.2) is 27.2 Å². The Morgan fingerprint density at radius 3 is 2.61 bits per heavy atom. The number of rotatable bonds is 6. The first-order valence-electron chi connectivity index (χ1n) is 9.14. The van der Waals surface area contributed by atoms with E-state index < -0.39 is 10.8 Å². The largest absolute Gasteiger partial charge is 0.455 e. The van der Waals surface area contributed by atoms with Crippen LogP contribution < -0.4 is 11.0 Å². The highest BCUT2D eigenvalue weighted by Crippen LogP contribution is 2.24. The number of nitro groups is 1. The van der Waals surface area contributed by atoms with Crippen LogP contribution in [0.25, 0.3) is 22.1 Å². The van der Waals surface area contributed by atoms with Gasteiger partial charge in [-0.3, -0.25) is 19.7 Å². The van der Waals surface area contributed by atoms with Crippen LogP contribution in [0.2, 0.25) is 0 Å². The lowest BCUT2D eigenvalue weighted by molar-refractivity contribution is -0.384. The van der Waals surface area contributed by atoms with Gasteiger partial charge in [0.2, 0.25) is 5.91 Å². The van der Waals surface area contributed by atoms with Gasteiger partial charge in [-0.15, -0.1) is 0 Å². The summed E-state index contributed by atoms with van der Waals surface area (Å²) in [5, 5.41) is 22.0. The summed E-state index contributed by atoms with van der Waals surface area (Å²) in [7, 11) is 0. The number of fused-ring (bicyclic) bond motifs is 1. The number of furan rings is 1. The molecule has 0 spiro atoms. The zero-order valence-electron chi connectivity index (χ0n) is 15.9. The van der Waals surface area contributed by atoms with Crippen LogP contribution in [-0.2, 0) is 11.2 Å². The van der Waals surface area contributed by atoms with Crippen LogP contribution >= 0.6 is 0 Å². The Labute approximate surface area is 174 Å². The first-order valence-corrected chi connectivity index (χ1v) is 9.14. The summed E-state index contributed by atoms with van der Waals surface area (Å²) in [5.41, 5.74) is 3.17. The number of hydrogen-bond acceptors (Lipinski definition) is 7. The van der Waals surface area contributed by atoms with E-state index in [1.165, 1.54) is 18.3 Å². The maximum atomic E-state index is 12.2. The van der Waals surface area contributed by atoms with Crippen LogP contribution in [0.5, 0.6) is 0 Å². The molecule has 154 valence electrons. The van der Waals surface area contributed by atoms with Crippen molar-refractivity contribution >= 4 is 28.6 Å². The molecule has 0 atom stereocenters. The maximum absolute atomic E-state index is 12.2. The van der Waals surface area contributed by atoms with E-state index in [2.05, 4.69) is 20.7 Å². The molecule has 0 radical (unpaired) electrons. The zero-order valence-corrected chi connectivity index (χ0v) is 15.9. The monoisotopic (exact) mass is 417 g/mol. The minimum absolute atomic E-state index is 0.00966. The average molecular weight is 417 g/mol. The van der Waals surface area contributed by atoms with E-state index in [9.17, 15) is 19.7 Å². The molecular formula is C21H15N5O5. The summed E-state index contributed by atoms with van der Waals surface area (Å²) in [5.74, 6) is 0.482. The van der Waals surface area contributed by atoms with Gasteiger partial charge in [-0.05, 0) is 30.3 Å². The Kier molecular flexibility index (Phi) is 5.35. The van der Waals surface area contributed by atoms with Gasteiger partial charge in [-0.1, -0.05) is 18.2 Å². The van der Waals surface area contributed by atoms with Crippen LogP contribution in [0.4, 0.5) is 5.69 Å². The number of hydrazone groups is 1. The first-order chi connectivity index (χ1) is 15.0. The Morgan fingerprint density at radius 2 is 1.87 bits per heavy atom. The topological polar surface area (TPSA) is 143 Å². The molecule has 0 aliphatic rings. The fourth-order valence-corrected chi connectivity index (χ4v) is 2.99. The summed E-state index contributed by atoms with van der Waals surface area (Å²) < 4.78 is 5.62. The van der Waals surface area contributed by atoms with E-state index in [1.807, 2.05) is 0 Å². The third-order valence-corrected chi connectivity index (χ3v) is 4.47. The number of nitrogens with one attached hydrogen (secondary N) is 2. The van der Waals surface area contributed by atoms with E-state index in [1.54, 1.807) is 48.5 Å². The van der Waals surface area contributed by atoms with Gasteiger partial charge in [0, 0.05) is 23.1 Å². The van der Waals surface area contributed by atoms with Crippen molar-refractivity contribution in [3.63, 3.8) is 0 Å². The summed E-state index contributed by atoms with van der Waals surface area (Å²) >= 11 is 0. The number of hydrogen-bond donors (Lipinski definition) is 2. The minimum atomic E-state index is -0.474. The second kappa shape index (κ2) is 8.41. The van der Waals surface area contributed by atoms with Gasteiger partial charge >= 0.3 is 0 Å². The van der Waals surface area contributed by atoms with Crippen molar-refractivity contribution < 1.29 is 14.1 Å². The van der Waals surface area contributed by atoms with Gasteiger partial charge in [0.15, 0.2) is 0 Å². The van der Waals surface area contributed by atoms with Crippen LogP contribution in [0.3, 0.4) is 0 Å². The molecule has 2 N–H and O–H groups in total. The van der Waals surface area contributed by atoms with Crippen molar-refractivity contribution in [2.45, 2.75) is 6.42 Å². The molecule has 31 heavy (non-hydrogen) atoms. The molecule has 0 aliphatic carbocycles. The Hall–Kier alpha value is -4.60. The predicted molar refractivity (Wildman–Crippen MR) is 113 cm³/mol. The van der Waals surface area contributed by atoms with Crippen LogP contribution in [0.15, 0.2) is 75.0 Å². The normalized spacial score (nSPS) is 11.1. The Balaban J connectivity index is 1.40. The van der Waals surface area contributed by atoms with Gasteiger partial charge in [0.05, 0.1) is 28.6 Å². The molecule has 0 saturated heterocycles. The van der Waals surface area contributed by atoms with Gasteiger partial charge in [-0.25, -0.2) is 10.5 Å². The number of carbonyl (C=O) groups is 1. The Bertz CT molecular complexity index is 1350. The number of benzene rings is 2. The highest BCUT2D eigenvalue weighted by Gasteiger charge is 2.11. The van der Waals surface area contributed by atoms with E-state index in [0.717, 1.165) is 0 Å². The molecule has 2 heterocycles. The van der Waals surface area contributed by atoms with Crippen LogP contribution in [0, 0.1) is 10.1 Å². The lowest BCUT2D eigenvalue weighted by Gasteiger charge is -2.03. The number of aromatic amines is 1. The lowest BCUT2D eigenvalue weighted by atomic mass is 10.1. The summed E-state index contributed by atoms with van der Waals surface area (Å²) in [6.07, 6.45) is 1.27. The third kappa shape index (κ3) is 4.37. The molecule has 0 aliphatic heterocycles. The minimum Gasteiger partial charge on any atom is -0.455 e. The molecular weight excluding hydrogens is 402 g/mol. The van der Waals surface area contributed by atoms with Crippen LogP contribution in [0.1, 0.15) is 11.5 Å². The lowest BCUT2D eigenvalue weighted by Crippen LogP contribution is -2.22. The number of aromatic nitrogens is 2. The standard InChI is InChI=1S/C21H15N5O5/c27-20(11-18-16-3-1-2-4-17(16)21(28)25-23-18)24-22-12-15-9-10-19(31-15)13-5-7-14(8-6-13)26(29)30/h1-10,12H,11H2,(H,24,27)(H,25,28). The Morgan fingerprint density at radius 1 is 1.13 bits per heavy atom. The molecule has 2 aromatic carbocycles.